The van der Waals surface area contributed by atoms with Gasteiger partial charge >= 0.3 is 0 Å². The van der Waals surface area contributed by atoms with Crippen molar-refractivity contribution in [3.63, 3.8) is 0 Å². The summed E-state index contributed by atoms with van der Waals surface area (Å²) in [6, 6.07) is 10.9. The third kappa shape index (κ3) is 3.02. The molecule has 6 heteroatoms. The molecular formula is C14H19N3O2S. The molecule has 20 heavy (non-hydrogen) atoms. The zero-order valence-corrected chi connectivity index (χ0v) is 12.6. The van der Waals surface area contributed by atoms with Crippen molar-refractivity contribution in [1.82, 2.24) is 8.98 Å². The summed E-state index contributed by atoms with van der Waals surface area (Å²) in [4.78, 5) is 0.305. The van der Waals surface area contributed by atoms with Crippen molar-refractivity contribution < 1.29 is 8.42 Å². The molecule has 0 saturated carbocycles. The molecule has 0 fully saturated rings. The number of nitrogens with zero attached hydrogens (tertiary/aromatic N) is 2. The first-order chi connectivity index (χ1) is 9.41. The van der Waals surface area contributed by atoms with Crippen LogP contribution in [0.15, 0.2) is 53.7 Å². The van der Waals surface area contributed by atoms with Crippen molar-refractivity contribution in [3.8, 4) is 0 Å². The molecule has 1 N–H and O–H groups in total. The molecule has 108 valence electrons. The molecule has 1 unspecified atom stereocenters. The minimum atomic E-state index is -3.36. The molecule has 1 aromatic carbocycles. The van der Waals surface area contributed by atoms with E-state index in [4.69, 9.17) is 0 Å². The highest BCUT2D eigenvalue weighted by Gasteiger charge is 2.17. The second-order valence-electron chi connectivity index (χ2n) is 4.80. The van der Waals surface area contributed by atoms with Crippen molar-refractivity contribution in [3.05, 3.63) is 54.4 Å². The summed E-state index contributed by atoms with van der Waals surface area (Å²) in [6.45, 7) is 2.02. The van der Waals surface area contributed by atoms with Crippen LogP contribution in [0, 0.1) is 0 Å². The first kappa shape index (κ1) is 14.6. The molecule has 0 aliphatic carbocycles. The molecule has 0 spiro atoms. The smallest absolute Gasteiger partial charge is 0.242 e. The molecule has 1 heterocycles. The SMILES string of the molecule is CC(Nn1cccc1)c1ccc(S(=O)(=O)N(C)C)cc1. The van der Waals surface area contributed by atoms with Gasteiger partial charge in [0.15, 0.2) is 0 Å². The van der Waals surface area contributed by atoms with Gasteiger partial charge in [-0.1, -0.05) is 12.1 Å². The highest BCUT2D eigenvalue weighted by atomic mass is 32.2. The molecule has 0 amide bonds. The predicted octanol–water partition coefficient (Wildman–Crippen LogP) is 2.04. The van der Waals surface area contributed by atoms with Crippen LogP contribution < -0.4 is 5.43 Å². The molecule has 2 rings (SSSR count). The molecule has 0 radical (unpaired) electrons. The lowest BCUT2D eigenvalue weighted by Crippen LogP contribution is -2.22. The summed E-state index contributed by atoms with van der Waals surface area (Å²) < 4.78 is 27.0. The number of hydrogen-bond donors (Lipinski definition) is 1. The van der Waals surface area contributed by atoms with Gasteiger partial charge in [-0.15, -0.1) is 0 Å². The highest BCUT2D eigenvalue weighted by molar-refractivity contribution is 7.89. The molecule has 0 saturated heterocycles. The first-order valence-electron chi connectivity index (χ1n) is 6.33. The Hall–Kier alpha value is -1.79. The topological polar surface area (TPSA) is 54.3 Å². The maximum Gasteiger partial charge on any atom is 0.242 e. The van der Waals surface area contributed by atoms with Crippen LogP contribution in [0.4, 0.5) is 0 Å². The van der Waals surface area contributed by atoms with Crippen LogP contribution in [0.2, 0.25) is 0 Å². The summed E-state index contributed by atoms with van der Waals surface area (Å²) in [7, 11) is -0.307. The fraction of sp³-hybridized carbons (Fsp3) is 0.286. The van der Waals surface area contributed by atoms with Crippen LogP contribution in [0.25, 0.3) is 0 Å². The minimum Gasteiger partial charge on any atom is -0.319 e. The van der Waals surface area contributed by atoms with Crippen molar-refractivity contribution in [2.45, 2.75) is 17.9 Å². The van der Waals surface area contributed by atoms with Crippen molar-refractivity contribution in [1.29, 1.82) is 0 Å². The van der Waals surface area contributed by atoms with E-state index in [-0.39, 0.29) is 6.04 Å². The van der Waals surface area contributed by atoms with Gasteiger partial charge in [0.05, 0.1) is 10.9 Å². The van der Waals surface area contributed by atoms with E-state index in [1.54, 1.807) is 12.1 Å². The fourth-order valence-electron chi connectivity index (χ4n) is 1.86. The van der Waals surface area contributed by atoms with Crippen molar-refractivity contribution >= 4 is 10.0 Å². The third-order valence-corrected chi connectivity index (χ3v) is 4.94. The molecule has 0 bridgehead atoms. The van der Waals surface area contributed by atoms with Crippen LogP contribution in [-0.4, -0.2) is 31.5 Å². The van der Waals surface area contributed by atoms with Gasteiger partial charge in [-0.2, -0.15) is 0 Å². The average molecular weight is 293 g/mol. The van der Waals surface area contributed by atoms with E-state index >= 15 is 0 Å². The Balaban J connectivity index is 2.16. The maximum absolute atomic E-state index is 12.0. The number of benzene rings is 1. The van der Waals surface area contributed by atoms with Crippen molar-refractivity contribution in [2.75, 3.05) is 19.5 Å². The van der Waals surface area contributed by atoms with Crippen LogP contribution >= 0.6 is 0 Å². The molecule has 0 aliphatic rings. The minimum absolute atomic E-state index is 0.0820. The van der Waals surface area contributed by atoms with E-state index in [9.17, 15) is 8.42 Å². The van der Waals surface area contributed by atoms with E-state index in [0.29, 0.717) is 4.90 Å². The van der Waals surface area contributed by atoms with Gasteiger partial charge in [-0.3, -0.25) is 4.68 Å². The van der Waals surface area contributed by atoms with E-state index in [1.807, 2.05) is 48.3 Å². The maximum atomic E-state index is 12.0. The first-order valence-corrected chi connectivity index (χ1v) is 7.77. The highest BCUT2D eigenvalue weighted by Crippen LogP contribution is 2.18. The van der Waals surface area contributed by atoms with Gasteiger partial charge in [0.1, 0.15) is 0 Å². The predicted molar refractivity (Wildman–Crippen MR) is 79.5 cm³/mol. The number of aromatic nitrogens is 1. The fourth-order valence-corrected chi connectivity index (χ4v) is 2.76. The number of sulfonamides is 1. The Morgan fingerprint density at radius 2 is 1.65 bits per heavy atom. The third-order valence-electron chi connectivity index (χ3n) is 3.11. The Labute approximate surface area is 119 Å². The van der Waals surface area contributed by atoms with Crippen LogP contribution in [-0.2, 0) is 10.0 Å². The molecule has 5 nitrogen and oxygen atoms in total. The number of nitrogens with one attached hydrogen (secondary N) is 1. The Morgan fingerprint density at radius 1 is 1.10 bits per heavy atom. The van der Waals surface area contributed by atoms with Crippen LogP contribution in [0.3, 0.4) is 0 Å². The van der Waals surface area contributed by atoms with Gasteiger partial charge in [0.2, 0.25) is 10.0 Å². The van der Waals surface area contributed by atoms with Gasteiger partial charge < -0.3 is 5.43 Å². The van der Waals surface area contributed by atoms with Crippen molar-refractivity contribution in [2.24, 2.45) is 0 Å². The van der Waals surface area contributed by atoms with E-state index < -0.39 is 10.0 Å². The summed E-state index contributed by atoms with van der Waals surface area (Å²) in [6.07, 6.45) is 3.84. The van der Waals surface area contributed by atoms with Gasteiger partial charge in [0, 0.05) is 26.5 Å². The lowest BCUT2D eigenvalue weighted by atomic mass is 10.1. The standard InChI is InChI=1S/C14H19N3O2S/c1-12(15-17-10-4-5-11-17)13-6-8-14(9-7-13)20(18,19)16(2)3/h4-12,15H,1-3H3. The molecule has 1 aromatic heterocycles. The Kier molecular flexibility index (Phi) is 4.15. The lowest BCUT2D eigenvalue weighted by molar-refractivity contribution is 0.520. The normalized spacial score (nSPS) is 13.4. The quantitative estimate of drug-likeness (QED) is 0.918. The molecule has 2 aromatic rings. The molecular weight excluding hydrogens is 274 g/mol. The average Bonchev–Trinajstić information content (AvgIpc) is 2.91. The van der Waals surface area contributed by atoms with Crippen LogP contribution in [0.5, 0.6) is 0 Å². The molecule has 0 aliphatic heterocycles. The zero-order valence-electron chi connectivity index (χ0n) is 11.8. The zero-order chi connectivity index (χ0) is 14.8. The Bertz CT molecular complexity index is 646. The summed E-state index contributed by atoms with van der Waals surface area (Å²) in [5.74, 6) is 0. The lowest BCUT2D eigenvalue weighted by Gasteiger charge is -2.17. The summed E-state index contributed by atoms with van der Waals surface area (Å²) in [5.41, 5.74) is 4.30. The Morgan fingerprint density at radius 3 is 2.15 bits per heavy atom. The van der Waals surface area contributed by atoms with Gasteiger partial charge in [0.25, 0.3) is 0 Å². The van der Waals surface area contributed by atoms with E-state index in [2.05, 4.69) is 5.43 Å². The summed E-state index contributed by atoms with van der Waals surface area (Å²) >= 11 is 0. The number of hydrogen-bond acceptors (Lipinski definition) is 3. The summed E-state index contributed by atoms with van der Waals surface area (Å²) in [5, 5.41) is 0. The monoisotopic (exact) mass is 293 g/mol. The van der Waals surface area contributed by atoms with E-state index in [1.165, 1.54) is 18.4 Å². The van der Waals surface area contributed by atoms with E-state index in [0.717, 1.165) is 5.56 Å². The second-order valence-corrected chi connectivity index (χ2v) is 6.95. The molecule has 1 atom stereocenters. The van der Waals surface area contributed by atoms with Gasteiger partial charge in [-0.05, 0) is 36.8 Å². The second kappa shape index (κ2) is 5.68. The number of rotatable bonds is 5. The largest absolute Gasteiger partial charge is 0.319 e. The van der Waals surface area contributed by atoms with Gasteiger partial charge in [-0.25, -0.2) is 12.7 Å². The van der Waals surface area contributed by atoms with Crippen LogP contribution in [0.1, 0.15) is 18.5 Å².